The summed E-state index contributed by atoms with van der Waals surface area (Å²) in [5.41, 5.74) is 4.84. The number of carbonyl (C=O) groups is 1. The van der Waals surface area contributed by atoms with Gasteiger partial charge in [0.2, 0.25) is 5.91 Å². The van der Waals surface area contributed by atoms with Crippen LogP contribution in [0.5, 0.6) is 0 Å². The van der Waals surface area contributed by atoms with Gasteiger partial charge in [-0.3, -0.25) is 20.2 Å². The predicted molar refractivity (Wildman–Crippen MR) is 90.7 cm³/mol. The van der Waals surface area contributed by atoms with Gasteiger partial charge in [0.15, 0.2) is 0 Å². The van der Waals surface area contributed by atoms with E-state index in [1.807, 2.05) is 31.2 Å². The number of nitrogens with one attached hydrogen (secondary N) is 1. The number of anilines is 1. The summed E-state index contributed by atoms with van der Waals surface area (Å²) < 4.78 is 14.5. The van der Waals surface area contributed by atoms with Crippen molar-refractivity contribution in [1.82, 2.24) is 10.3 Å². The van der Waals surface area contributed by atoms with Gasteiger partial charge in [-0.2, -0.15) is 0 Å². The molecule has 1 fully saturated rings. The van der Waals surface area contributed by atoms with Crippen molar-refractivity contribution in [3.63, 3.8) is 0 Å². The maximum Gasteiger partial charge on any atom is 0.233 e. The summed E-state index contributed by atoms with van der Waals surface area (Å²) in [6.45, 7) is 3.30. The van der Waals surface area contributed by atoms with E-state index in [4.69, 9.17) is 0 Å². The summed E-state index contributed by atoms with van der Waals surface area (Å²) in [4.78, 5) is 18.5. The zero-order valence-corrected chi connectivity index (χ0v) is 13.5. The number of aliphatic imine (C=N–C) groups is 1. The fourth-order valence-corrected chi connectivity index (χ4v) is 3.48. The molecule has 2 heterocycles. The molecule has 3 aliphatic rings. The van der Waals surface area contributed by atoms with E-state index in [9.17, 15) is 9.18 Å². The molecule has 0 spiro atoms. The average Bonchev–Trinajstić information content (AvgIpc) is 3.18. The molecule has 1 unspecified atom stereocenters. The number of hydrogen-bond donors (Lipinski definition) is 1. The molecule has 1 N–H and O–H groups in total. The van der Waals surface area contributed by atoms with E-state index in [-0.39, 0.29) is 11.7 Å². The quantitative estimate of drug-likeness (QED) is 0.928. The number of hydrogen-bond acceptors (Lipinski definition) is 4. The molecule has 6 heteroatoms. The lowest BCUT2D eigenvalue weighted by atomic mass is 9.78. The molecule has 1 atom stereocenters. The molecule has 24 heavy (non-hydrogen) atoms. The lowest BCUT2D eigenvalue weighted by Gasteiger charge is -2.24. The zero-order chi connectivity index (χ0) is 16.7. The molecule has 1 aliphatic carbocycles. The van der Waals surface area contributed by atoms with E-state index in [1.165, 1.54) is 6.07 Å². The highest BCUT2D eigenvalue weighted by Crippen LogP contribution is 2.42. The number of likely N-dealkylation sites (tertiary alicyclic amines) is 1. The monoisotopic (exact) mass is 326 g/mol. The molecule has 0 radical (unpaired) electrons. The zero-order valence-electron chi connectivity index (χ0n) is 13.5. The summed E-state index contributed by atoms with van der Waals surface area (Å²) in [5, 5.41) is 1.75. The maximum atomic E-state index is 14.5. The van der Waals surface area contributed by atoms with Crippen LogP contribution in [0.4, 0.5) is 10.1 Å². The first-order valence-corrected chi connectivity index (χ1v) is 8.04. The summed E-state index contributed by atoms with van der Waals surface area (Å²) in [6.07, 6.45) is 8.33. The van der Waals surface area contributed by atoms with Crippen molar-refractivity contribution in [3.05, 3.63) is 53.4 Å². The molecule has 1 aromatic carbocycles. The minimum atomic E-state index is -0.456. The van der Waals surface area contributed by atoms with Crippen LogP contribution < -0.4 is 10.4 Å². The van der Waals surface area contributed by atoms with Gasteiger partial charge < -0.3 is 4.90 Å². The van der Waals surface area contributed by atoms with Crippen LogP contribution in [0, 0.1) is 11.2 Å². The standard InChI is InChI=1S/C18H19FN4O/c1-18-7-3-2-4-14(18)10-22(17(18)24)9-13-5-6-15(8-16(13)19)23-12-20-11-21-23/h2-6,8,11H,7,9-10,12H2,1H3,(H,20,21). The molecular weight excluding hydrogens is 307 g/mol. The number of rotatable bonds is 3. The third-order valence-corrected chi connectivity index (χ3v) is 5.03. The van der Waals surface area contributed by atoms with E-state index >= 15 is 0 Å². The van der Waals surface area contributed by atoms with Crippen LogP contribution in [0.25, 0.3) is 0 Å². The minimum Gasteiger partial charge on any atom is -0.333 e. The van der Waals surface area contributed by atoms with Crippen LogP contribution >= 0.6 is 0 Å². The molecule has 124 valence electrons. The summed E-state index contributed by atoms with van der Waals surface area (Å²) in [7, 11) is 0. The summed E-state index contributed by atoms with van der Waals surface area (Å²) in [5.74, 6) is -0.225. The lowest BCUT2D eigenvalue weighted by Crippen LogP contribution is -2.33. The van der Waals surface area contributed by atoms with Crippen LogP contribution in [-0.2, 0) is 11.3 Å². The predicted octanol–water partition coefficient (Wildman–Crippen LogP) is 2.37. The van der Waals surface area contributed by atoms with Crippen LogP contribution in [0.15, 0.2) is 47.0 Å². The molecule has 2 aliphatic heterocycles. The van der Waals surface area contributed by atoms with Gasteiger partial charge in [-0.15, -0.1) is 0 Å². The fraction of sp³-hybridized carbons (Fsp3) is 0.333. The maximum absolute atomic E-state index is 14.5. The summed E-state index contributed by atoms with van der Waals surface area (Å²) in [6, 6.07) is 5.07. The lowest BCUT2D eigenvalue weighted by molar-refractivity contribution is -0.135. The van der Waals surface area contributed by atoms with Crippen molar-refractivity contribution in [3.8, 4) is 0 Å². The highest BCUT2D eigenvalue weighted by atomic mass is 19.1. The number of allylic oxidation sites excluding steroid dienone is 3. The topological polar surface area (TPSA) is 47.9 Å². The van der Waals surface area contributed by atoms with Crippen molar-refractivity contribution in [2.24, 2.45) is 10.4 Å². The highest BCUT2D eigenvalue weighted by molar-refractivity contribution is 5.90. The first kappa shape index (κ1) is 14.9. The highest BCUT2D eigenvalue weighted by Gasteiger charge is 2.46. The first-order valence-electron chi connectivity index (χ1n) is 8.04. The Morgan fingerprint density at radius 1 is 1.42 bits per heavy atom. The van der Waals surface area contributed by atoms with Crippen molar-refractivity contribution in [1.29, 1.82) is 0 Å². The fourth-order valence-electron chi connectivity index (χ4n) is 3.48. The smallest absolute Gasteiger partial charge is 0.233 e. The summed E-state index contributed by atoms with van der Waals surface area (Å²) >= 11 is 0. The average molecular weight is 326 g/mol. The molecule has 1 saturated heterocycles. The number of carbonyl (C=O) groups excluding carboxylic acids is 1. The van der Waals surface area contributed by atoms with Crippen LogP contribution in [0.3, 0.4) is 0 Å². The number of halogens is 1. The van der Waals surface area contributed by atoms with E-state index in [0.717, 1.165) is 12.0 Å². The third-order valence-electron chi connectivity index (χ3n) is 5.03. The molecule has 5 nitrogen and oxygen atoms in total. The van der Waals surface area contributed by atoms with Gasteiger partial charge in [0.1, 0.15) is 18.8 Å². The minimum absolute atomic E-state index is 0.0798. The van der Waals surface area contributed by atoms with E-state index in [2.05, 4.69) is 10.4 Å². The molecular formula is C18H19FN4O. The van der Waals surface area contributed by atoms with Crippen molar-refractivity contribution >= 4 is 17.9 Å². The largest absolute Gasteiger partial charge is 0.333 e. The number of fused-ring (bicyclic) bond motifs is 1. The Balaban J connectivity index is 1.53. The van der Waals surface area contributed by atoms with Crippen LogP contribution in [0.2, 0.25) is 0 Å². The van der Waals surface area contributed by atoms with Crippen LogP contribution in [0.1, 0.15) is 18.9 Å². The Hall–Kier alpha value is -2.63. The number of nitrogens with zero attached hydrogens (tertiary/aromatic N) is 3. The number of benzene rings is 1. The van der Waals surface area contributed by atoms with Crippen molar-refractivity contribution in [2.75, 3.05) is 18.2 Å². The van der Waals surface area contributed by atoms with E-state index in [1.54, 1.807) is 22.3 Å². The SMILES string of the molecule is CC12CC=CC=C1CN(Cc1ccc(N3CN=CN3)cc1F)C2=O. The van der Waals surface area contributed by atoms with E-state index in [0.29, 0.717) is 31.0 Å². The second-order valence-corrected chi connectivity index (χ2v) is 6.60. The second-order valence-electron chi connectivity index (χ2n) is 6.60. The van der Waals surface area contributed by atoms with Gasteiger partial charge in [0, 0.05) is 18.7 Å². The molecule has 4 rings (SSSR count). The van der Waals surface area contributed by atoms with Gasteiger partial charge in [0.25, 0.3) is 0 Å². The second kappa shape index (κ2) is 5.47. The van der Waals surface area contributed by atoms with Gasteiger partial charge in [-0.25, -0.2) is 4.39 Å². The van der Waals surface area contributed by atoms with Crippen LogP contribution in [-0.4, -0.2) is 30.4 Å². The molecule has 1 aromatic rings. The Bertz CT molecular complexity index is 777. The van der Waals surface area contributed by atoms with Gasteiger partial charge >= 0.3 is 0 Å². The number of amides is 1. The molecule has 0 bridgehead atoms. The van der Waals surface area contributed by atoms with Crippen molar-refractivity contribution < 1.29 is 9.18 Å². The Kier molecular flexibility index (Phi) is 3.40. The Morgan fingerprint density at radius 3 is 3.00 bits per heavy atom. The number of hydrazine groups is 1. The normalized spacial score (nSPS) is 25.1. The molecule has 1 amide bonds. The Labute approximate surface area is 140 Å². The molecule has 0 saturated carbocycles. The van der Waals surface area contributed by atoms with Gasteiger partial charge in [-0.1, -0.05) is 24.3 Å². The van der Waals surface area contributed by atoms with Gasteiger partial charge in [0.05, 0.1) is 11.1 Å². The molecule has 0 aromatic heterocycles. The van der Waals surface area contributed by atoms with Crippen molar-refractivity contribution in [2.45, 2.75) is 19.9 Å². The Morgan fingerprint density at radius 2 is 2.29 bits per heavy atom. The van der Waals surface area contributed by atoms with E-state index < -0.39 is 5.41 Å². The third kappa shape index (κ3) is 2.29. The first-order chi connectivity index (χ1) is 11.6. The van der Waals surface area contributed by atoms with Gasteiger partial charge in [-0.05, 0) is 31.1 Å².